The standard InChI is InChI=1S/C13H14BrFN4O/c1-7(2)20-13-18-11(17-12(16-3)19-13)9-6-8(14)4-5-10(9)15/h4-7H,1-3H3,(H,16,17,18,19). The van der Waals surface area contributed by atoms with E-state index in [0.29, 0.717) is 5.95 Å². The van der Waals surface area contributed by atoms with E-state index in [1.165, 1.54) is 6.07 Å². The van der Waals surface area contributed by atoms with Crippen LogP contribution >= 0.6 is 15.9 Å². The van der Waals surface area contributed by atoms with E-state index in [9.17, 15) is 4.39 Å². The highest BCUT2D eigenvalue weighted by Gasteiger charge is 2.13. The van der Waals surface area contributed by atoms with E-state index in [0.717, 1.165) is 4.47 Å². The second-order valence-corrected chi connectivity index (χ2v) is 5.22. The second-order valence-electron chi connectivity index (χ2n) is 4.31. The van der Waals surface area contributed by atoms with Gasteiger partial charge in [-0.1, -0.05) is 15.9 Å². The van der Waals surface area contributed by atoms with Gasteiger partial charge in [0.05, 0.1) is 11.7 Å². The summed E-state index contributed by atoms with van der Waals surface area (Å²) in [5, 5.41) is 2.81. The summed E-state index contributed by atoms with van der Waals surface area (Å²) in [6, 6.07) is 4.74. The fourth-order valence-electron chi connectivity index (χ4n) is 1.52. The van der Waals surface area contributed by atoms with Crippen molar-refractivity contribution in [2.24, 2.45) is 0 Å². The second kappa shape index (κ2) is 6.13. The van der Waals surface area contributed by atoms with E-state index >= 15 is 0 Å². The van der Waals surface area contributed by atoms with Crippen LogP contribution in [0.3, 0.4) is 0 Å². The Morgan fingerprint density at radius 3 is 2.65 bits per heavy atom. The molecule has 5 nitrogen and oxygen atoms in total. The molecule has 0 aliphatic heterocycles. The van der Waals surface area contributed by atoms with Crippen LogP contribution in [0.1, 0.15) is 13.8 Å². The zero-order chi connectivity index (χ0) is 14.7. The Balaban J connectivity index is 2.52. The number of nitrogens with zero attached hydrogens (tertiary/aromatic N) is 3. The lowest BCUT2D eigenvalue weighted by Crippen LogP contribution is -2.11. The highest BCUT2D eigenvalue weighted by atomic mass is 79.9. The highest BCUT2D eigenvalue weighted by molar-refractivity contribution is 9.10. The highest BCUT2D eigenvalue weighted by Crippen LogP contribution is 2.25. The summed E-state index contributed by atoms with van der Waals surface area (Å²) in [4.78, 5) is 12.4. The lowest BCUT2D eigenvalue weighted by Gasteiger charge is -2.10. The van der Waals surface area contributed by atoms with Gasteiger partial charge in [0.2, 0.25) is 5.95 Å². The average Bonchev–Trinajstić information content (AvgIpc) is 2.40. The molecule has 0 radical (unpaired) electrons. The van der Waals surface area contributed by atoms with Crippen molar-refractivity contribution in [2.45, 2.75) is 20.0 Å². The van der Waals surface area contributed by atoms with Crippen molar-refractivity contribution in [1.29, 1.82) is 0 Å². The number of anilines is 1. The van der Waals surface area contributed by atoms with Crippen LogP contribution in [0, 0.1) is 5.82 Å². The third-order valence-electron chi connectivity index (χ3n) is 2.35. The molecule has 0 bridgehead atoms. The number of rotatable bonds is 4. The summed E-state index contributed by atoms with van der Waals surface area (Å²) < 4.78 is 20.1. The lowest BCUT2D eigenvalue weighted by atomic mass is 10.2. The molecule has 0 fully saturated rings. The predicted molar refractivity (Wildman–Crippen MR) is 78.2 cm³/mol. The number of aromatic nitrogens is 3. The number of benzene rings is 1. The molecule has 1 heterocycles. The molecule has 0 atom stereocenters. The van der Waals surface area contributed by atoms with Crippen LogP contribution in [0.2, 0.25) is 0 Å². The van der Waals surface area contributed by atoms with E-state index in [-0.39, 0.29) is 23.5 Å². The zero-order valence-electron chi connectivity index (χ0n) is 11.3. The molecular formula is C13H14BrFN4O. The van der Waals surface area contributed by atoms with Crippen LogP contribution in [0.5, 0.6) is 6.01 Å². The molecule has 7 heteroatoms. The Hall–Kier alpha value is -1.76. The van der Waals surface area contributed by atoms with Crippen LogP contribution in [0.15, 0.2) is 22.7 Å². The monoisotopic (exact) mass is 340 g/mol. The molecule has 0 aliphatic carbocycles. The average molecular weight is 341 g/mol. The van der Waals surface area contributed by atoms with Crippen LogP contribution in [-0.4, -0.2) is 28.1 Å². The lowest BCUT2D eigenvalue weighted by molar-refractivity contribution is 0.222. The molecule has 106 valence electrons. The van der Waals surface area contributed by atoms with Crippen LogP contribution in [0.4, 0.5) is 10.3 Å². The number of nitrogens with one attached hydrogen (secondary N) is 1. The Bertz CT molecular complexity index is 621. The number of hydrogen-bond donors (Lipinski definition) is 1. The largest absolute Gasteiger partial charge is 0.461 e. The molecule has 0 saturated heterocycles. The first-order valence-electron chi connectivity index (χ1n) is 6.05. The minimum atomic E-state index is -0.406. The van der Waals surface area contributed by atoms with Gasteiger partial charge in [-0.05, 0) is 32.0 Å². The van der Waals surface area contributed by atoms with Gasteiger partial charge < -0.3 is 10.1 Å². The fourth-order valence-corrected chi connectivity index (χ4v) is 1.88. The molecule has 1 N–H and O–H groups in total. The molecule has 0 aliphatic rings. The number of hydrogen-bond acceptors (Lipinski definition) is 5. The van der Waals surface area contributed by atoms with Crippen molar-refractivity contribution in [2.75, 3.05) is 12.4 Å². The summed E-state index contributed by atoms with van der Waals surface area (Å²) in [6.07, 6.45) is -0.0812. The SMILES string of the molecule is CNc1nc(OC(C)C)nc(-c2cc(Br)ccc2F)n1. The minimum absolute atomic E-state index is 0.0812. The van der Waals surface area contributed by atoms with E-state index < -0.39 is 5.82 Å². The first kappa shape index (κ1) is 14.6. The Labute approximate surface area is 124 Å². The molecule has 0 unspecified atom stereocenters. The normalized spacial score (nSPS) is 10.7. The third-order valence-corrected chi connectivity index (χ3v) is 2.84. The molecule has 20 heavy (non-hydrogen) atoms. The van der Waals surface area contributed by atoms with Gasteiger partial charge in [0.25, 0.3) is 0 Å². The van der Waals surface area contributed by atoms with Gasteiger partial charge in [-0.3, -0.25) is 0 Å². The molecule has 1 aromatic heterocycles. The molecule has 1 aromatic carbocycles. The van der Waals surface area contributed by atoms with Crippen molar-refractivity contribution < 1.29 is 9.13 Å². The maximum atomic E-state index is 13.9. The molecule has 0 spiro atoms. The van der Waals surface area contributed by atoms with E-state index in [4.69, 9.17) is 4.74 Å². The first-order valence-corrected chi connectivity index (χ1v) is 6.85. The van der Waals surface area contributed by atoms with Crippen LogP contribution in [0.25, 0.3) is 11.4 Å². The van der Waals surface area contributed by atoms with Gasteiger partial charge in [-0.15, -0.1) is 0 Å². The summed E-state index contributed by atoms with van der Waals surface area (Å²) in [5.74, 6) is 0.140. The Kier molecular flexibility index (Phi) is 4.49. The summed E-state index contributed by atoms with van der Waals surface area (Å²) in [6.45, 7) is 3.73. The van der Waals surface area contributed by atoms with E-state index in [1.807, 2.05) is 13.8 Å². The van der Waals surface area contributed by atoms with Crippen LogP contribution in [-0.2, 0) is 0 Å². The van der Waals surface area contributed by atoms with Crippen molar-refractivity contribution in [3.63, 3.8) is 0 Å². The summed E-state index contributed by atoms with van der Waals surface area (Å²) >= 11 is 3.30. The maximum absolute atomic E-state index is 13.9. The van der Waals surface area contributed by atoms with Gasteiger partial charge in [-0.25, -0.2) is 4.39 Å². The van der Waals surface area contributed by atoms with Crippen molar-refractivity contribution in [3.05, 3.63) is 28.5 Å². The van der Waals surface area contributed by atoms with Crippen LogP contribution < -0.4 is 10.1 Å². The Morgan fingerprint density at radius 2 is 2.00 bits per heavy atom. The van der Waals surface area contributed by atoms with Gasteiger partial charge in [0.1, 0.15) is 5.82 Å². The molecule has 2 rings (SSSR count). The van der Waals surface area contributed by atoms with E-state index in [2.05, 4.69) is 36.2 Å². The number of ether oxygens (including phenoxy) is 1. The maximum Gasteiger partial charge on any atom is 0.322 e. The minimum Gasteiger partial charge on any atom is -0.461 e. The van der Waals surface area contributed by atoms with Crippen molar-refractivity contribution in [3.8, 4) is 17.4 Å². The summed E-state index contributed by atoms with van der Waals surface area (Å²) in [5.41, 5.74) is 0.284. The smallest absolute Gasteiger partial charge is 0.322 e. The Morgan fingerprint density at radius 1 is 1.25 bits per heavy atom. The topological polar surface area (TPSA) is 59.9 Å². The number of halogens is 2. The molecular weight excluding hydrogens is 327 g/mol. The van der Waals surface area contributed by atoms with E-state index in [1.54, 1.807) is 19.2 Å². The summed E-state index contributed by atoms with van der Waals surface area (Å²) in [7, 11) is 1.68. The molecule has 2 aromatic rings. The predicted octanol–water partition coefficient (Wildman–Crippen LogP) is 3.27. The molecule has 0 saturated carbocycles. The van der Waals surface area contributed by atoms with Gasteiger partial charge >= 0.3 is 6.01 Å². The fraction of sp³-hybridized carbons (Fsp3) is 0.308. The van der Waals surface area contributed by atoms with Crippen molar-refractivity contribution >= 4 is 21.9 Å². The van der Waals surface area contributed by atoms with Gasteiger partial charge in [0.15, 0.2) is 5.82 Å². The first-order chi connectivity index (χ1) is 9.49. The quantitative estimate of drug-likeness (QED) is 0.925. The van der Waals surface area contributed by atoms with Gasteiger partial charge in [-0.2, -0.15) is 15.0 Å². The zero-order valence-corrected chi connectivity index (χ0v) is 12.9. The van der Waals surface area contributed by atoms with Gasteiger partial charge in [0, 0.05) is 11.5 Å². The van der Waals surface area contributed by atoms with Crippen molar-refractivity contribution in [1.82, 2.24) is 15.0 Å². The third kappa shape index (κ3) is 3.41. The molecule has 0 amide bonds.